The molecule has 4 atom stereocenters. The Bertz CT molecular complexity index is 571. The maximum Gasteiger partial charge on any atom is 0.323 e. The van der Waals surface area contributed by atoms with Gasteiger partial charge in [0.15, 0.2) is 0 Å². The molecule has 0 aromatic carbocycles. The number of hydrogen-bond acceptors (Lipinski definition) is 3. The van der Waals surface area contributed by atoms with Gasteiger partial charge < -0.3 is 4.74 Å². The monoisotopic (exact) mass is 346 g/mol. The van der Waals surface area contributed by atoms with Gasteiger partial charge in [0.1, 0.15) is 0 Å². The van der Waals surface area contributed by atoms with Crippen LogP contribution in [0.5, 0.6) is 0 Å². The minimum absolute atomic E-state index is 0.273. The van der Waals surface area contributed by atoms with E-state index in [-0.39, 0.29) is 10.8 Å². The van der Waals surface area contributed by atoms with Crippen molar-refractivity contribution in [3.8, 4) is 0 Å². The topological polar surface area (TPSA) is 43.4 Å². The standard InChI is InChI=1S/C22H34O3/c1-15-11-9-13-21(7,19(15,3)4)17(23)25-18(24)22(8)14-10-12-16(2)20(22,5)6/h9-10,13-16H,11-12H2,1-8H3. The van der Waals surface area contributed by atoms with Crippen LogP contribution in [0, 0.1) is 33.5 Å². The Balaban J connectivity index is 2.30. The third kappa shape index (κ3) is 2.80. The molecule has 0 saturated carbocycles. The SMILES string of the molecule is CC1CC=CC(C)(C(=O)OC(=O)C2(C)C=CCC(C)C2(C)C)C1(C)C. The maximum absolute atomic E-state index is 13.1. The fourth-order valence-electron chi connectivity index (χ4n) is 4.02. The fraction of sp³-hybridized carbons (Fsp3) is 0.727. The highest BCUT2D eigenvalue weighted by Crippen LogP contribution is 2.53. The first kappa shape index (κ1) is 19.9. The average Bonchev–Trinajstić information content (AvgIpc) is 2.50. The van der Waals surface area contributed by atoms with Crippen LogP contribution in [0.2, 0.25) is 0 Å². The van der Waals surface area contributed by atoms with E-state index in [9.17, 15) is 9.59 Å². The van der Waals surface area contributed by atoms with Gasteiger partial charge in [-0.05, 0) is 49.4 Å². The first-order valence-electron chi connectivity index (χ1n) is 9.43. The number of hydrogen-bond donors (Lipinski definition) is 0. The second kappa shape index (κ2) is 6.10. The zero-order valence-electron chi connectivity index (χ0n) is 17.1. The summed E-state index contributed by atoms with van der Waals surface area (Å²) in [5, 5.41) is 0. The highest BCUT2D eigenvalue weighted by atomic mass is 16.6. The third-order valence-corrected chi connectivity index (χ3v) is 8.06. The molecule has 25 heavy (non-hydrogen) atoms. The van der Waals surface area contributed by atoms with E-state index >= 15 is 0 Å². The molecule has 4 unspecified atom stereocenters. The molecule has 0 radical (unpaired) electrons. The van der Waals surface area contributed by atoms with Crippen molar-refractivity contribution < 1.29 is 14.3 Å². The van der Waals surface area contributed by atoms with E-state index in [0.717, 1.165) is 12.8 Å². The Labute approximate surface area is 152 Å². The molecule has 3 nitrogen and oxygen atoms in total. The van der Waals surface area contributed by atoms with Crippen LogP contribution in [0.25, 0.3) is 0 Å². The summed E-state index contributed by atoms with van der Waals surface area (Å²) in [6, 6.07) is 0. The molecule has 0 fully saturated rings. The summed E-state index contributed by atoms with van der Waals surface area (Å²) in [5.74, 6) is -0.193. The van der Waals surface area contributed by atoms with Gasteiger partial charge in [0.2, 0.25) is 0 Å². The van der Waals surface area contributed by atoms with E-state index in [4.69, 9.17) is 4.74 Å². The molecule has 0 spiro atoms. The molecular weight excluding hydrogens is 312 g/mol. The minimum atomic E-state index is -0.801. The van der Waals surface area contributed by atoms with Crippen molar-refractivity contribution in [2.45, 2.75) is 68.2 Å². The van der Waals surface area contributed by atoms with Crippen molar-refractivity contribution in [3.63, 3.8) is 0 Å². The number of rotatable bonds is 2. The smallest absolute Gasteiger partial charge is 0.323 e. The Morgan fingerprint density at radius 1 is 0.760 bits per heavy atom. The molecule has 0 N–H and O–H groups in total. The van der Waals surface area contributed by atoms with Crippen LogP contribution in [-0.2, 0) is 14.3 Å². The lowest BCUT2D eigenvalue weighted by Gasteiger charge is -2.49. The molecule has 3 heteroatoms. The van der Waals surface area contributed by atoms with Gasteiger partial charge in [-0.1, -0.05) is 65.8 Å². The number of carbonyl (C=O) groups excluding carboxylic acids is 2. The summed E-state index contributed by atoms with van der Waals surface area (Å²) >= 11 is 0. The number of allylic oxidation sites excluding steroid dienone is 2. The fourth-order valence-corrected chi connectivity index (χ4v) is 4.02. The first-order chi connectivity index (χ1) is 11.3. The highest BCUT2D eigenvalue weighted by Gasteiger charge is 2.55. The van der Waals surface area contributed by atoms with E-state index in [0.29, 0.717) is 11.8 Å². The Kier molecular flexibility index (Phi) is 4.87. The van der Waals surface area contributed by atoms with Crippen molar-refractivity contribution in [1.82, 2.24) is 0 Å². The van der Waals surface area contributed by atoms with Crippen molar-refractivity contribution in [1.29, 1.82) is 0 Å². The normalized spacial score (nSPS) is 39.0. The summed E-state index contributed by atoms with van der Waals surface area (Å²) in [5.41, 5.74) is -2.15. The lowest BCUT2D eigenvalue weighted by atomic mass is 9.56. The van der Waals surface area contributed by atoms with E-state index in [2.05, 4.69) is 41.5 Å². The lowest BCUT2D eigenvalue weighted by Crippen LogP contribution is -2.51. The van der Waals surface area contributed by atoms with Crippen LogP contribution in [0.4, 0.5) is 0 Å². The molecule has 0 aromatic heterocycles. The molecule has 0 bridgehead atoms. The molecular formula is C22H34O3. The number of ether oxygens (including phenoxy) is 1. The van der Waals surface area contributed by atoms with Gasteiger partial charge in [-0.25, -0.2) is 0 Å². The summed E-state index contributed by atoms with van der Waals surface area (Å²) in [6.45, 7) is 16.4. The van der Waals surface area contributed by atoms with Crippen LogP contribution in [-0.4, -0.2) is 11.9 Å². The van der Waals surface area contributed by atoms with E-state index in [1.807, 2.05) is 38.2 Å². The molecule has 0 heterocycles. The zero-order chi connectivity index (χ0) is 19.3. The number of esters is 2. The molecule has 0 aliphatic heterocycles. The summed E-state index contributed by atoms with van der Waals surface area (Å²) in [4.78, 5) is 26.1. The Morgan fingerprint density at radius 3 is 1.40 bits per heavy atom. The minimum Gasteiger partial charge on any atom is -0.392 e. The number of carbonyl (C=O) groups is 2. The quantitative estimate of drug-likeness (QED) is 0.386. The highest BCUT2D eigenvalue weighted by molar-refractivity contribution is 5.94. The van der Waals surface area contributed by atoms with Crippen LogP contribution in [0.1, 0.15) is 68.2 Å². The second-order valence-corrected chi connectivity index (χ2v) is 9.60. The maximum atomic E-state index is 13.1. The molecule has 140 valence electrons. The molecule has 2 aliphatic rings. The summed E-state index contributed by atoms with van der Waals surface area (Å²) in [7, 11) is 0. The second-order valence-electron chi connectivity index (χ2n) is 9.60. The largest absolute Gasteiger partial charge is 0.392 e. The predicted octanol–water partition coefficient (Wildman–Crippen LogP) is 5.31. The van der Waals surface area contributed by atoms with E-state index in [1.165, 1.54) is 0 Å². The third-order valence-electron chi connectivity index (χ3n) is 8.06. The van der Waals surface area contributed by atoms with Gasteiger partial charge in [-0.3, -0.25) is 9.59 Å². The first-order valence-corrected chi connectivity index (χ1v) is 9.43. The van der Waals surface area contributed by atoms with Gasteiger partial charge in [0.25, 0.3) is 0 Å². The van der Waals surface area contributed by atoms with Crippen molar-refractivity contribution in [2.75, 3.05) is 0 Å². The van der Waals surface area contributed by atoms with Gasteiger partial charge >= 0.3 is 11.9 Å². The lowest BCUT2D eigenvalue weighted by molar-refractivity contribution is -0.179. The van der Waals surface area contributed by atoms with Gasteiger partial charge in [0.05, 0.1) is 10.8 Å². The van der Waals surface area contributed by atoms with Gasteiger partial charge in [-0.2, -0.15) is 0 Å². The zero-order valence-corrected chi connectivity index (χ0v) is 17.1. The van der Waals surface area contributed by atoms with Crippen molar-refractivity contribution in [3.05, 3.63) is 24.3 Å². The Morgan fingerprint density at radius 2 is 1.08 bits per heavy atom. The van der Waals surface area contributed by atoms with Crippen molar-refractivity contribution in [2.24, 2.45) is 33.5 Å². The summed E-state index contributed by atoms with van der Waals surface area (Å²) < 4.78 is 5.52. The average molecular weight is 347 g/mol. The van der Waals surface area contributed by atoms with Crippen LogP contribution in [0.15, 0.2) is 24.3 Å². The van der Waals surface area contributed by atoms with Gasteiger partial charge in [0, 0.05) is 0 Å². The molecule has 2 rings (SSSR count). The predicted molar refractivity (Wildman–Crippen MR) is 101 cm³/mol. The van der Waals surface area contributed by atoms with Crippen LogP contribution >= 0.6 is 0 Å². The Hall–Kier alpha value is -1.38. The van der Waals surface area contributed by atoms with Crippen LogP contribution in [0.3, 0.4) is 0 Å². The van der Waals surface area contributed by atoms with Gasteiger partial charge in [-0.15, -0.1) is 0 Å². The summed E-state index contributed by atoms with van der Waals surface area (Å²) in [6.07, 6.45) is 9.81. The van der Waals surface area contributed by atoms with Crippen molar-refractivity contribution >= 4 is 11.9 Å². The molecule has 0 aromatic rings. The molecule has 2 aliphatic carbocycles. The van der Waals surface area contributed by atoms with Crippen LogP contribution < -0.4 is 0 Å². The van der Waals surface area contributed by atoms with E-state index < -0.39 is 22.8 Å². The molecule has 0 saturated heterocycles. The van der Waals surface area contributed by atoms with E-state index in [1.54, 1.807) is 0 Å². The molecule has 0 amide bonds.